The summed E-state index contributed by atoms with van der Waals surface area (Å²) in [6.45, 7) is 4.14. The highest BCUT2D eigenvalue weighted by atomic mass is 16.7. The summed E-state index contributed by atoms with van der Waals surface area (Å²) in [5.41, 5.74) is 1.42. The molecule has 5 heteroatoms. The molecule has 3 fully saturated rings. The SMILES string of the molecule is CCCCCC(C=CC1C(OC2CCCCO2)C[C@H]2C=C(CCO)C[C@H]12)OC1CCCCO1. The van der Waals surface area contributed by atoms with Gasteiger partial charge in [0.1, 0.15) is 0 Å². The summed E-state index contributed by atoms with van der Waals surface area (Å²) >= 11 is 0. The van der Waals surface area contributed by atoms with Gasteiger partial charge in [0.25, 0.3) is 0 Å². The van der Waals surface area contributed by atoms with Gasteiger partial charge in [0.15, 0.2) is 12.6 Å². The number of hydrogen-bond donors (Lipinski definition) is 1. The van der Waals surface area contributed by atoms with Crippen LogP contribution in [0.25, 0.3) is 0 Å². The first-order chi connectivity index (χ1) is 16.3. The molecule has 5 nitrogen and oxygen atoms in total. The second-order valence-corrected chi connectivity index (χ2v) is 10.5. The monoisotopic (exact) mass is 462 g/mol. The van der Waals surface area contributed by atoms with Crippen molar-refractivity contribution < 1.29 is 24.1 Å². The van der Waals surface area contributed by atoms with Crippen molar-refractivity contribution in [2.45, 2.75) is 115 Å². The molecule has 0 spiro atoms. The molecule has 2 aliphatic carbocycles. The fourth-order valence-corrected chi connectivity index (χ4v) is 6.14. The van der Waals surface area contributed by atoms with Crippen LogP contribution in [0, 0.1) is 17.8 Å². The number of fused-ring (bicyclic) bond motifs is 1. The van der Waals surface area contributed by atoms with Crippen LogP contribution in [0.2, 0.25) is 0 Å². The molecule has 0 aromatic heterocycles. The Morgan fingerprint density at radius 3 is 2.58 bits per heavy atom. The lowest BCUT2D eigenvalue weighted by Gasteiger charge is -2.30. The number of aliphatic hydroxyl groups excluding tert-OH is 1. The second kappa shape index (κ2) is 13.4. The second-order valence-electron chi connectivity index (χ2n) is 10.5. The van der Waals surface area contributed by atoms with Crippen molar-refractivity contribution in [3.05, 3.63) is 23.8 Å². The molecule has 1 saturated carbocycles. The Hall–Kier alpha value is -0.720. The van der Waals surface area contributed by atoms with Crippen molar-refractivity contribution >= 4 is 0 Å². The van der Waals surface area contributed by atoms with Crippen LogP contribution in [0.15, 0.2) is 23.8 Å². The summed E-state index contributed by atoms with van der Waals surface area (Å²) in [6, 6.07) is 0. The molecule has 4 rings (SSSR count). The van der Waals surface area contributed by atoms with Crippen molar-refractivity contribution in [1.82, 2.24) is 0 Å². The molecule has 7 atom stereocenters. The van der Waals surface area contributed by atoms with Crippen molar-refractivity contribution in [3.63, 3.8) is 0 Å². The molecule has 0 radical (unpaired) electrons. The normalized spacial score (nSPS) is 35.6. The maximum Gasteiger partial charge on any atom is 0.158 e. The van der Waals surface area contributed by atoms with Crippen molar-refractivity contribution in [2.24, 2.45) is 17.8 Å². The van der Waals surface area contributed by atoms with Gasteiger partial charge in [-0.3, -0.25) is 0 Å². The molecule has 0 amide bonds. The lowest BCUT2D eigenvalue weighted by atomic mass is 9.88. The average molecular weight is 463 g/mol. The number of rotatable bonds is 12. The third kappa shape index (κ3) is 7.38. The number of hydrogen-bond acceptors (Lipinski definition) is 5. The van der Waals surface area contributed by atoms with Crippen LogP contribution in [0.4, 0.5) is 0 Å². The van der Waals surface area contributed by atoms with E-state index in [0.29, 0.717) is 17.8 Å². The number of unbranched alkanes of at least 4 members (excludes halogenated alkanes) is 2. The molecular formula is C28H46O5. The number of aliphatic hydroxyl groups is 1. The minimum absolute atomic E-state index is 0.0494. The summed E-state index contributed by atoms with van der Waals surface area (Å²) in [7, 11) is 0. The van der Waals surface area contributed by atoms with E-state index >= 15 is 0 Å². The van der Waals surface area contributed by atoms with E-state index < -0.39 is 0 Å². The molecule has 2 saturated heterocycles. The molecule has 5 unspecified atom stereocenters. The van der Waals surface area contributed by atoms with Gasteiger partial charge in [-0.25, -0.2) is 0 Å². The maximum absolute atomic E-state index is 9.43. The average Bonchev–Trinajstić information content (AvgIpc) is 3.36. The van der Waals surface area contributed by atoms with Crippen LogP contribution in [0.3, 0.4) is 0 Å². The highest BCUT2D eigenvalue weighted by molar-refractivity contribution is 5.21. The zero-order valence-corrected chi connectivity index (χ0v) is 20.7. The zero-order chi connectivity index (χ0) is 22.9. The Morgan fingerprint density at radius 2 is 1.88 bits per heavy atom. The minimum atomic E-state index is -0.0571. The van der Waals surface area contributed by atoms with Gasteiger partial charge < -0.3 is 24.1 Å². The first-order valence-electron chi connectivity index (χ1n) is 13.8. The zero-order valence-electron chi connectivity index (χ0n) is 20.7. The van der Waals surface area contributed by atoms with Gasteiger partial charge in [-0.2, -0.15) is 0 Å². The summed E-state index contributed by atoms with van der Waals surface area (Å²) < 4.78 is 24.8. The molecule has 0 aromatic rings. The Balaban J connectivity index is 1.43. The van der Waals surface area contributed by atoms with Gasteiger partial charge in [-0.15, -0.1) is 0 Å². The number of allylic oxidation sites excluding steroid dienone is 1. The van der Waals surface area contributed by atoms with Crippen molar-refractivity contribution in [3.8, 4) is 0 Å². The molecule has 0 aromatic carbocycles. The first kappa shape index (κ1) is 25.4. The van der Waals surface area contributed by atoms with Crippen LogP contribution in [0.5, 0.6) is 0 Å². The fraction of sp³-hybridized carbons (Fsp3) is 0.857. The lowest BCUT2D eigenvalue weighted by molar-refractivity contribution is -0.193. The quantitative estimate of drug-likeness (QED) is 0.289. The Kier molecular flexibility index (Phi) is 10.3. The molecular weight excluding hydrogens is 416 g/mol. The van der Waals surface area contributed by atoms with Crippen molar-refractivity contribution in [2.75, 3.05) is 19.8 Å². The summed E-state index contributed by atoms with van der Waals surface area (Å²) in [5, 5.41) is 9.43. The smallest absolute Gasteiger partial charge is 0.158 e. The van der Waals surface area contributed by atoms with Crippen LogP contribution >= 0.6 is 0 Å². The highest BCUT2D eigenvalue weighted by Gasteiger charge is 2.45. The first-order valence-corrected chi connectivity index (χ1v) is 13.8. The van der Waals surface area contributed by atoms with E-state index in [1.165, 1.54) is 37.7 Å². The van der Waals surface area contributed by atoms with Gasteiger partial charge >= 0.3 is 0 Å². The summed E-state index contributed by atoms with van der Waals surface area (Å²) in [4.78, 5) is 0. The molecule has 188 valence electrons. The third-order valence-electron chi connectivity index (χ3n) is 7.93. The van der Waals surface area contributed by atoms with E-state index in [1.807, 2.05) is 0 Å². The van der Waals surface area contributed by atoms with Gasteiger partial charge in [-0.05, 0) is 76.0 Å². The minimum Gasteiger partial charge on any atom is -0.396 e. The Morgan fingerprint density at radius 1 is 1.09 bits per heavy atom. The Labute approximate surface area is 200 Å². The largest absolute Gasteiger partial charge is 0.396 e. The third-order valence-corrected chi connectivity index (χ3v) is 7.93. The molecule has 0 bridgehead atoms. The van der Waals surface area contributed by atoms with Gasteiger partial charge in [-0.1, -0.05) is 50.0 Å². The molecule has 2 aliphatic heterocycles. The standard InChI is InChI=1S/C28H46O5/c1-2-3-4-9-23(32-27-10-5-7-16-30-27)12-13-24-25-19-21(14-15-29)18-22(25)20-26(24)33-28-11-6-8-17-31-28/h12-13,18,22-29H,2-11,14-17,19-20H2,1H3/t22-,23?,24?,25+,26?,27?,28?/m1/s1. The molecule has 2 heterocycles. The number of ether oxygens (including phenoxy) is 4. The summed E-state index contributed by atoms with van der Waals surface area (Å²) in [6.07, 6.45) is 21.7. The predicted molar refractivity (Wildman–Crippen MR) is 130 cm³/mol. The Bertz CT molecular complexity index is 620. The van der Waals surface area contributed by atoms with E-state index in [1.54, 1.807) is 0 Å². The van der Waals surface area contributed by atoms with Gasteiger partial charge in [0.2, 0.25) is 0 Å². The molecule has 33 heavy (non-hydrogen) atoms. The lowest BCUT2D eigenvalue weighted by Crippen LogP contribution is -2.31. The van der Waals surface area contributed by atoms with Crippen LogP contribution in [0.1, 0.15) is 90.4 Å². The van der Waals surface area contributed by atoms with Crippen LogP contribution < -0.4 is 0 Å². The van der Waals surface area contributed by atoms with E-state index in [2.05, 4.69) is 25.2 Å². The molecule has 1 N–H and O–H groups in total. The molecule has 4 aliphatic rings. The van der Waals surface area contributed by atoms with Crippen LogP contribution in [-0.4, -0.2) is 49.7 Å². The topological polar surface area (TPSA) is 57.2 Å². The highest BCUT2D eigenvalue weighted by Crippen LogP contribution is 2.49. The van der Waals surface area contributed by atoms with Gasteiger partial charge in [0.05, 0.1) is 12.2 Å². The van der Waals surface area contributed by atoms with E-state index in [9.17, 15) is 5.11 Å². The van der Waals surface area contributed by atoms with Gasteiger partial charge in [0, 0.05) is 25.7 Å². The van der Waals surface area contributed by atoms with E-state index in [4.69, 9.17) is 18.9 Å². The maximum atomic E-state index is 9.43. The van der Waals surface area contributed by atoms with Crippen molar-refractivity contribution in [1.29, 1.82) is 0 Å². The van der Waals surface area contributed by atoms with Crippen LogP contribution in [-0.2, 0) is 18.9 Å². The summed E-state index contributed by atoms with van der Waals surface area (Å²) in [5.74, 6) is 1.49. The van der Waals surface area contributed by atoms with E-state index in [-0.39, 0.29) is 31.4 Å². The fourth-order valence-electron chi connectivity index (χ4n) is 6.14. The predicted octanol–water partition coefficient (Wildman–Crippen LogP) is 5.91. The van der Waals surface area contributed by atoms with E-state index in [0.717, 1.165) is 64.6 Å².